The fraction of sp³-hybridized carbons (Fsp3) is 0.190. The molecule has 1 aliphatic rings. The predicted octanol–water partition coefficient (Wildman–Crippen LogP) is 4.06. The summed E-state index contributed by atoms with van der Waals surface area (Å²) in [5.74, 6) is -0.252. The first-order chi connectivity index (χ1) is 14.0. The summed E-state index contributed by atoms with van der Waals surface area (Å²) >= 11 is 7.06. The summed E-state index contributed by atoms with van der Waals surface area (Å²) in [5.41, 5.74) is 1.82. The number of methoxy groups -OCH3 is 1. The van der Waals surface area contributed by atoms with Crippen molar-refractivity contribution in [3.8, 4) is 11.8 Å². The van der Waals surface area contributed by atoms with E-state index in [1.165, 1.54) is 7.11 Å². The number of hydrogen-bond donors (Lipinski definition) is 2. The number of nitriles is 1. The Labute approximate surface area is 177 Å². The molecular formula is C21H18ClN3O3S. The molecular weight excluding hydrogens is 410 g/mol. The van der Waals surface area contributed by atoms with E-state index in [1.54, 1.807) is 42.5 Å². The van der Waals surface area contributed by atoms with Crippen LogP contribution in [0.2, 0.25) is 5.02 Å². The molecule has 1 heterocycles. The highest BCUT2D eigenvalue weighted by Gasteiger charge is 2.29. The highest BCUT2D eigenvalue weighted by molar-refractivity contribution is 8.03. The smallest absolute Gasteiger partial charge is 0.234 e. The molecule has 2 amide bonds. The van der Waals surface area contributed by atoms with Gasteiger partial charge in [0.05, 0.1) is 35.2 Å². The number of carbonyl (C=O) groups excluding carboxylic acids is 2. The Morgan fingerprint density at radius 3 is 2.72 bits per heavy atom. The summed E-state index contributed by atoms with van der Waals surface area (Å²) in [6, 6.07) is 16.3. The van der Waals surface area contributed by atoms with Crippen LogP contribution in [0.1, 0.15) is 17.9 Å². The van der Waals surface area contributed by atoms with E-state index in [0.29, 0.717) is 27.1 Å². The number of para-hydroxylation sites is 2. The number of carbonyl (C=O) groups is 2. The number of ether oxygens (including phenoxy) is 1. The Morgan fingerprint density at radius 1 is 1.31 bits per heavy atom. The zero-order valence-electron chi connectivity index (χ0n) is 15.6. The van der Waals surface area contributed by atoms with Crippen molar-refractivity contribution < 1.29 is 14.3 Å². The molecule has 0 radical (unpaired) electrons. The lowest BCUT2D eigenvalue weighted by atomic mass is 9.87. The fourth-order valence-electron chi connectivity index (χ4n) is 2.98. The first-order valence-electron chi connectivity index (χ1n) is 8.77. The number of allylic oxidation sites excluding steroid dienone is 1. The minimum atomic E-state index is -0.370. The molecule has 0 fully saturated rings. The fourth-order valence-corrected chi connectivity index (χ4v) is 3.99. The van der Waals surface area contributed by atoms with Crippen LogP contribution in [0, 0.1) is 11.3 Å². The SMILES string of the molecule is COc1ccccc1NC(=O)CSC1=C(C#N)[C@@H](c2ccc(Cl)cc2)CC(=O)N1. The van der Waals surface area contributed by atoms with Crippen LogP contribution in [0.5, 0.6) is 5.75 Å². The molecule has 0 aliphatic carbocycles. The molecule has 148 valence electrons. The summed E-state index contributed by atoms with van der Waals surface area (Å²) in [6.07, 6.45) is 0.169. The van der Waals surface area contributed by atoms with Crippen molar-refractivity contribution in [3.63, 3.8) is 0 Å². The molecule has 0 bridgehead atoms. The number of benzene rings is 2. The normalized spacial score (nSPS) is 16.0. The predicted molar refractivity (Wildman–Crippen MR) is 114 cm³/mol. The Balaban J connectivity index is 1.75. The van der Waals surface area contributed by atoms with Crippen molar-refractivity contribution in [1.82, 2.24) is 5.32 Å². The molecule has 3 rings (SSSR count). The lowest BCUT2D eigenvalue weighted by Gasteiger charge is -2.25. The molecule has 0 unspecified atom stereocenters. The van der Waals surface area contributed by atoms with E-state index in [-0.39, 0.29) is 29.9 Å². The van der Waals surface area contributed by atoms with Crippen LogP contribution in [-0.2, 0) is 9.59 Å². The summed E-state index contributed by atoms with van der Waals surface area (Å²) in [4.78, 5) is 24.6. The first-order valence-corrected chi connectivity index (χ1v) is 10.1. The lowest BCUT2D eigenvalue weighted by molar-refractivity contribution is -0.121. The second kappa shape index (κ2) is 9.50. The Bertz CT molecular complexity index is 999. The van der Waals surface area contributed by atoms with Crippen molar-refractivity contribution in [3.05, 3.63) is 69.7 Å². The molecule has 1 aliphatic heterocycles. The largest absolute Gasteiger partial charge is 0.495 e. The molecule has 2 aromatic rings. The van der Waals surface area contributed by atoms with E-state index >= 15 is 0 Å². The number of hydrogen-bond acceptors (Lipinski definition) is 5. The van der Waals surface area contributed by atoms with Gasteiger partial charge in [0.2, 0.25) is 11.8 Å². The third-order valence-electron chi connectivity index (χ3n) is 4.36. The molecule has 2 aromatic carbocycles. The monoisotopic (exact) mass is 427 g/mol. The van der Waals surface area contributed by atoms with Gasteiger partial charge in [0.15, 0.2) is 0 Å². The van der Waals surface area contributed by atoms with Gasteiger partial charge in [-0.1, -0.05) is 47.6 Å². The summed E-state index contributed by atoms with van der Waals surface area (Å²) in [7, 11) is 1.53. The van der Waals surface area contributed by atoms with Gasteiger partial charge in [-0.15, -0.1) is 0 Å². The Kier molecular flexibility index (Phi) is 6.81. The van der Waals surface area contributed by atoms with Crippen LogP contribution in [0.3, 0.4) is 0 Å². The van der Waals surface area contributed by atoms with E-state index in [1.807, 2.05) is 6.07 Å². The summed E-state index contributed by atoms with van der Waals surface area (Å²) < 4.78 is 5.22. The van der Waals surface area contributed by atoms with Gasteiger partial charge in [-0.25, -0.2) is 0 Å². The average molecular weight is 428 g/mol. The highest BCUT2D eigenvalue weighted by Crippen LogP contribution is 2.36. The molecule has 0 aromatic heterocycles. The number of rotatable bonds is 6. The van der Waals surface area contributed by atoms with Gasteiger partial charge in [-0.05, 0) is 29.8 Å². The minimum Gasteiger partial charge on any atom is -0.495 e. The number of amides is 2. The minimum absolute atomic E-state index is 0.0339. The Morgan fingerprint density at radius 2 is 2.03 bits per heavy atom. The molecule has 29 heavy (non-hydrogen) atoms. The average Bonchev–Trinajstić information content (AvgIpc) is 2.72. The van der Waals surface area contributed by atoms with Crippen molar-refractivity contribution in [2.24, 2.45) is 0 Å². The van der Waals surface area contributed by atoms with Gasteiger partial charge in [-0.3, -0.25) is 9.59 Å². The van der Waals surface area contributed by atoms with Crippen LogP contribution in [0.15, 0.2) is 59.1 Å². The molecule has 0 saturated heterocycles. The molecule has 1 atom stereocenters. The van der Waals surface area contributed by atoms with Crippen LogP contribution in [0.25, 0.3) is 0 Å². The maximum absolute atomic E-state index is 12.4. The number of nitrogens with one attached hydrogen (secondary N) is 2. The van der Waals surface area contributed by atoms with E-state index in [0.717, 1.165) is 17.3 Å². The quantitative estimate of drug-likeness (QED) is 0.725. The van der Waals surface area contributed by atoms with E-state index in [2.05, 4.69) is 16.7 Å². The molecule has 8 heteroatoms. The van der Waals surface area contributed by atoms with E-state index < -0.39 is 0 Å². The zero-order chi connectivity index (χ0) is 20.8. The van der Waals surface area contributed by atoms with Gasteiger partial charge >= 0.3 is 0 Å². The van der Waals surface area contributed by atoms with Gasteiger partial charge < -0.3 is 15.4 Å². The van der Waals surface area contributed by atoms with Crippen molar-refractivity contribution in [2.75, 3.05) is 18.2 Å². The highest BCUT2D eigenvalue weighted by atomic mass is 35.5. The number of anilines is 1. The Hall–Kier alpha value is -2.95. The number of thioether (sulfide) groups is 1. The third kappa shape index (κ3) is 5.11. The first kappa shape index (κ1) is 20.8. The van der Waals surface area contributed by atoms with E-state index in [4.69, 9.17) is 16.3 Å². The topological polar surface area (TPSA) is 91.2 Å². The second-order valence-corrected chi connectivity index (χ2v) is 7.67. The number of halogens is 1. The van der Waals surface area contributed by atoms with Gasteiger partial charge in [0, 0.05) is 17.4 Å². The second-order valence-electron chi connectivity index (χ2n) is 6.25. The van der Waals surface area contributed by atoms with Crippen LogP contribution in [-0.4, -0.2) is 24.7 Å². The van der Waals surface area contributed by atoms with Crippen molar-refractivity contribution >= 4 is 40.9 Å². The van der Waals surface area contributed by atoms with Crippen LogP contribution >= 0.6 is 23.4 Å². The molecule has 6 nitrogen and oxygen atoms in total. The lowest BCUT2D eigenvalue weighted by Crippen LogP contribution is -2.31. The van der Waals surface area contributed by atoms with E-state index in [9.17, 15) is 14.9 Å². The van der Waals surface area contributed by atoms with Crippen LogP contribution < -0.4 is 15.4 Å². The van der Waals surface area contributed by atoms with Gasteiger partial charge in [0.1, 0.15) is 5.75 Å². The number of nitrogens with zero attached hydrogens (tertiary/aromatic N) is 1. The molecule has 0 saturated carbocycles. The third-order valence-corrected chi connectivity index (χ3v) is 5.63. The van der Waals surface area contributed by atoms with Gasteiger partial charge in [-0.2, -0.15) is 5.26 Å². The summed E-state index contributed by atoms with van der Waals surface area (Å²) in [6.45, 7) is 0. The van der Waals surface area contributed by atoms with Gasteiger partial charge in [0.25, 0.3) is 0 Å². The van der Waals surface area contributed by atoms with Crippen molar-refractivity contribution in [1.29, 1.82) is 5.26 Å². The zero-order valence-corrected chi connectivity index (χ0v) is 17.1. The molecule has 0 spiro atoms. The standard InChI is InChI=1S/C21H18ClN3O3S/c1-28-18-5-3-2-4-17(18)24-20(27)12-29-21-16(11-23)15(10-19(26)25-21)13-6-8-14(22)9-7-13/h2-9,15H,10,12H2,1H3,(H,24,27)(H,25,26)/t15-/m1/s1. The maximum Gasteiger partial charge on any atom is 0.234 e. The maximum atomic E-state index is 12.4. The summed E-state index contributed by atoms with van der Waals surface area (Å²) in [5, 5.41) is 16.2. The van der Waals surface area contributed by atoms with Crippen molar-refractivity contribution in [2.45, 2.75) is 12.3 Å². The molecule has 2 N–H and O–H groups in total. The van der Waals surface area contributed by atoms with Crippen LogP contribution in [0.4, 0.5) is 5.69 Å².